The van der Waals surface area contributed by atoms with E-state index >= 15 is 0 Å². The van der Waals surface area contributed by atoms with Crippen molar-refractivity contribution in [2.75, 3.05) is 21.0 Å². The van der Waals surface area contributed by atoms with Gasteiger partial charge in [-0.3, -0.25) is 0 Å². The van der Waals surface area contributed by atoms with Gasteiger partial charge in [0.1, 0.15) is 6.79 Å². The van der Waals surface area contributed by atoms with Crippen LogP contribution in [0.2, 0.25) is 0 Å². The van der Waals surface area contributed by atoms with Gasteiger partial charge in [0, 0.05) is 14.2 Å². The molecule has 0 spiro atoms. The Kier molecular flexibility index (Phi) is 4.99. The summed E-state index contributed by atoms with van der Waals surface area (Å²) < 4.78 is 13.5. The first-order valence-electron chi connectivity index (χ1n) is 2.13. The molecule has 0 rings (SSSR count). The summed E-state index contributed by atoms with van der Waals surface area (Å²) in [5.74, 6) is 0. The van der Waals surface area contributed by atoms with Crippen LogP contribution in [0.5, 0.6) is 0 Å². The molecule has 1 N–H and O–H groups in total. The molecule has 0 bridgehead atoms. The van der Waals surface area contributed by atoms with Crippen molar-refractivity contribution in [3.05, 3.63) is 0 Å². The Hall–Kier alpha value is -0.0951. The zero-order chi connectivity index (χ0) is 6.41. The summed E-state index contributed by atoms with van der Waals surface area (Å²) >= 11 is 0. The molecule has 0 fully saturated rings. The van der Waals surface area contributed by atoms with E-state index in [0.717, 1.165) is 0 Å². The Balaban J connectivity index is 3.07. The van der Waals surface area contributed by atoms with Crippen molar-refractivity contribution in [1.82, 2.24) is 0 Å². The lowest BCUT2D eigenvalue weighted by Crippen LogP contribution is -2.24. The van der Waals surface area contributed by atoms with Gasteiger partial charge in [-0.25, -0.2) is 0 Å². The lowest BCUT2D eigenvalue weighted by Gasteiger charge is -2.04. The molecule has 0 saturated carbocycles. The number of aliphatic hydroxyl groups excluding tert-OH is 1. The minimum atomic E-state index is -0.750. The Bertz CT molecular complexity index is 46.5. The highest BCUT2D eigenvalue weighted by Crippen LogP contribution is 1.84. The van der Waals surface area contributed by atoms with Crippen molar-refractivity contribution < 1.29 is 19.1 Å². The monoisotopic (exact) mass is 120 g/mol. The third-order valence-corrected chi connectivity index (χ3v) is 0.596. The van der Waals surface area contributed by atoms with E-state index in [9.17, 15) is 0 Å². The van der Waals surface area contributed by atoms with Crippen LogP contribution in [0.3, 0.4) is 0 Å². The molecule has 0 radical (unpaired) electrons. The van der Waals surface area contributed by atoms with Crippen LogP contribution in [0.15, 0.2) is 0 Å². The van der Waals surface area contributed by atoms with Crippen molar-refractivity contribution in [2.45, 2.75) is 0 Å². The van der Waals surface area contributed by atoms with Gasteiger partial charge in [0.25, 0.3) is 0 Å². The van der Waals surface area contributed by atoms with E-state index in [1.165, 1.54) is 14.2 Å². The van der Waals surface area contributed by atoms with Gasteiger partial charge >= 0.3 is 7.32 Å². The van der Waals surface area contributed by atoms with Gasteiger partial charge in [-0.2, -0.15) is 0 Å². The zero-order valence-electron chi connectivity index (χ0n) is 4.96. The zero-order valence-corrected chi connectivity index (χ0v) is 4.96. The largest absolute Gasteiger partial charge is 0.640 e. The van der Waals surface area contributed by atoms with Gasteiger partial charge in [0.05, 0.1) is 0 Å². The van der Waals surface area contributed by atoms with E-state index in [0.29, 0.717) is 0 Å². The first-order valence-corrected chi connectivity index (χ1v) is 2.13. The maximum atomic E-state index is 8.12. The molecule has 0 amide bonds. The standard InChI is InChI=1S/C3H9BO4/c1-6-4(7-2)8-3-5/h5H,3H2,1-2H3. The Morgan fingerprint density at radius 2 is 1.88 bits per heavy atom. The molecule has 48 valence electrons. The highest BCUT2D eigenvalue weighted by atomic mass is 16.8. The molecule has 4 nitrogen and oxygen atoms in total. The van der Waals surface area contributed by atoms with Crippen LogP contribution in [0, 0.1) is 0 Å². The topological polar surface area (TPSA) is 47.9 Å². The lowest BCUT2D eigenvalue weighted by molar-refractivity contribution is 0.0368. The van der Waals surface area contributed by atoms with Gasteiger partial charge < -0.3 is 19.1 Å². The molecular weight excluding hydrogens is 111 g/mol. The van der Waals surface area contributed by atoms with E-state index in [-0.39, 0.29) is 0 Å². The molecule has 0 atom stereocenters. The molecule has 0 aromatic carbocycles. The molecule has 0 aliphatic rings. The normalized spacial score (nSPS) is 9.38. The molecule has 0 aliphatic heterocycles. The van der Waals surface area contributed by atoms with Crippen LogP contribution < -0.4 is 0 Å². The summed E-state index contributed by atoms with van der Waals surface area (Å²) in [5.41, 5.74) is 0. The van der Waals surface area contributed by atoms with E-state index in [2.05, 4.69) is 14.0 Å². The minimum absolute atomic E-state index is 0.396. The molecule has 5 heteroatoms. The highest BCUT2D eigenvalue weighted by Gasteiger charge is 2.15. The summed E-state index contributed by atoms with van der Waals surface area (Å²) in [6.07, 6.45) is 0. The second-order valence-corrected chi connectivity index (χ2v) is 1.06. The fourth-order valence-corrected chi connectivity index (χ4v) is 0.293. The summed E-state index contributed by atoms with van der Waals surface area (Å²) in [7, 11) is 2.09. The van der Waals surface area contributed by atoms with Crippen LogP contribution in [0.25, 0.3) is 0 Å². The fraction of sp³-hybridized carbons (Fsp3) is 1.00. The van der Waals surface area contributed by atoms with E-state index in [4.69, 9.17) is 5.11 Å². The number of hydrogen-bond donors (Lipinski definition) is 1. The quantitative estimate of drug-likeness (QED) is 0.391. The maximum Gasteiger partial charge on any atom is 0.640 e. The Morgan fingerprint density at radius 1 is 1.38 bits per heavy atom. The molecular formula is C3H9BO4. The van der Waals surface area contributed by atoms with Crippen molar-refractivity contribution in [3.8, 4) is 0 Å². The summed E-state index contributed by atoms with van der Waals surface area (Å²) in [4.78, 5) is 0. The van der Waals surface area contributed by atoms with E-state index in [1.54, 1.807) is 0 Å². The van der Waals surface area contributed by atoms with E-state index < -0.39 is 14.1 Å². The van der Waals surface area contributed by atoms with Crippen molar-refractivity contribution in [3.63, 3.8) is 0 Å². The Labute approximate surface area is 48.5 Å². The lowest BCUT2D eigenvalue weighted by atomic mass is 10.2. The van der Waals surface area contributed by atoms with Crippen molar-refractivity contribution >= 4 is 7.32 Å². The molecule has 0 aliphatic carbocycles. The maximum absolute atomic E-state index is 8.12. The minimum Gasteiger partial charge on any atom is -0.389 e. The number of rotatable bonds is 4. The van der Waals surface area contributed by atoms with Crippen LogP contribution in [-0.2, 0) is 14.0 Å². The smallest absolute Gasteiger partial charge is 0.389 e. The van der Waals surface area contributed by atoms with Crippen molar-refractivity contribution in [2.24, 2.45) is 0 Å². The third-order valence-electron chi connectivity index (χ3n) is 0.596. The molecule has 0 saturated heterocycles. The first kappa shape index (κ1) is 7.90. The molecule has 8 heavy (non-hydrogen) atoms. The average molecular weight is 120 g/mol. The fourth-order valence-electron chi connectivity index (χ4n) is 0.293. The molecule has 0 heterocycles. The molecule has 0 unspecified atom stereocenters. The van der Waals surface area contributed by atoms with Crippen LogP contribution in [0.1, 0.15) is 0 Å². The van der Waals surface area contributed by atoms with Crippen LogP contribution in [-0.4, -0.2) is 33.4 Å². The van der Waals surface area contributed by atoms with Gasteiger partial charge in [-0.15, -0.1) is 0 Å². The summed E-state index contributed by atoms with van der Waals surface area (Å²) in [6, 6.07) is 0. The highest BCUT2D eigenvalue weighted by molar-refractivity contribution is 6.36. The second kappa shape index (κ2) is 5.05. The van der Waals surface area contributed by atoms with Gasteiger partial charge in [-0.05, 0) is 0 Å². The van der Waals surface area contributed by atoms with E-state index in [1.807, 2.05) is 0 Å². The van der Waals surface area contributed by atoms with Crippen molar-refractivity contribution in [1.29, 1.82) is 0 Å². The number of hydrogen-bond acceptors (Lipinski definition) is 4. The summed E-state index contributed by atoms with van der Waals surface area (Å²) in [5, 5.41) is 8.12. The first-order chi connectivity index (χ1) is 3.85. The molecule has 0 aromatic rings. The summed E-state index contributed by atoms with van der Waals surface area (Å²) in [6.45, 7) is -0.396. The molecule has 0 aromatic heterocycles. The third kappa shape index (κ3) is 2.98. The SMILES string of the molecule is COB(OC)OCO. The predicted octanol–water partition coefficient (Wildman–Crippen LogP) is -0.770. The second-order valence-electron chi connectivity index (χ2n) is 1.06. The van der Waals surface area contributed by atoms with Crippen LogP contribution >= 0.6 is 0 Å². The van der Waals surface area contributed by atoms with Gasteiger partial charge in [0.15, 0.2) is 0 Å². The number of aliphatic hydroxyl groups is 1. The van der Waals surface area contributed by atoms with Gasteiger partial charge in [0.2, 0.25) is 0 Å². The van der Waals surface area contributed by atoms with Gasteiger partial charge in [-0.1, -0.05) is 0 Å². The average Bonchev–Trinajstić information content (AvgIpc) is 1.83. The van der Waals surface area contributed by atoms with Crippen LogP contribution in [0.4, 0.5) is 0 Å². The predicted molar refractivity (Wildman–Crippen MR) is 27.9 cm³/mol. The Morgan fingerprint density at radius 3 is 2.00 bits per heavy atom.